The Morgan fingerprint density at radius 1 is 1.17 bits per heavy atom. The third kappa shape index (κ3) is 5.87. The molecule has 1 aliphatic heterocycles. The molecule has 0 unspecified atom stereocenters. The number of hydrogen-bond donors (Lipinski definition) is 1. The van der Waals surface area contributed by atoms with Crippen LogP contribution in [-0.2, 0) is 11.2 Å². The lowest BCUT2D eigenvalue weighted by Crippen LogP contribution is -2.21. The number of rotatable bonds is 9. The zero-order valence-corrected chi connectivity index (χ0v) is 17.7. The molecule has 0 atom stereocenters. The molecule has 3 aromatic rings. The number of carbonyl (C=O) groups excluding carboxylic acids is 1. The van der Waals surface area contributed by atoms with Crippen molar-refractivity contribution in [1.82, 2.24) is 14.9 Å². The Balaban J connectivity index is 1.25. The van der Waals surface area contributed by atoms with Gasteiger partial charge in [-0.05, 0) is 62.2 Å². The van der Waals surface area contributed by atoms with Crippen LogP contribution in [0.4, 0.5) is 5.13 Å². The minimum absolute atomic E-state index is 0.0863. The molecular formula is C23H26N4O2S. The average Bonchev–Trinajstić information content (AvgIpc) is 3.44. The van der Waals surface area contributed by atoms with Crippen molar-refractivity contribution in [2.75, 3.05) is 31.6 Å². The molecule has 1 fully saturated rings. The fourth-order valence-corrected chi connectivity index (χ4v) is 4.30. The second kappa shape index (κ2) is 10.3. The lowest BCUT2D eigenvalue weighted by molar-refractivity contribution is -0.115. The first kappa shape index (κ1) is 20.5. The molecule has 1 aromatic carbocycles. The number of hydrogen-bond acceptors (Lipinski definition) is 6. The molecule has 1 saturated heterocycles. The van der Waals surface area contributed by atoms with Crippen LogP contribution in [0.25, 0.3) is 11.3 Å². The van der Waals surface area contributed by atoms with E-state index in [0.29, 0.717) is 11.7 Å². The largest absolute Gasteiger partial charge is 0.494 e. The second-order valence-electron chi connectivity index (χ2n) is 7.40. The first-order chi connectivity index (χ1) is 14.8. The highest BCUT2D eigenvalue weighted by Gasteiger charge is 2.11. The number of likely N-dealkylation sites (tertiary alicyclic amines) is 1. The number of pyridine rings is 1. The fraction of sp³-hybridized carbons (Fsp3) is 0.348. The van der Waals surface area contributed by atoms with Gasteiger partial charge in [0.25, 0.3) is 0 Å². The van der Waals surface area contributed by atoms with Gasteiger partial charge in [-0.2, -0.15) is 0 Å². The topological polar surface area (TPSA) is 67.3 Å². The number of nitrogens with zero attached hydrogens (tertiary/aromatic N) is 3. The predicted octanol–water partition coefficient (Wildman–Crippen LogP) is 4.25. The highest BCUT2D eigenvalue weighted by atomic mass is 32.1. The second-order valence-corrected chi connectivity index (χ2v) is 8.26. The van der Waals surface area contributed by atoms with Crippen LogP contribution in [0.2, 0.25) is 0 Å². The third-order valence-electron chi connectivity index (χ3n) is 5.08. The number of nitrogens with one attached hydrogen (secondary N) is 1. The van der Waals surface area contributed by atoms with Crippen LogP contribution < -0.4 is 10.1 Å². The van der Waals surface area contributed by atoms with Crippen molar-refractivity contribution in [2.45, 2.75) is 25.7 Å². The quantitative estimate of drug-likeness (QED) is 0.522. The van der Waals surface area contributed by atoms with Gasteiger partial charge in [0.1, 0.15) is 5.75 Å². The molecule has 3 heterocycles. The Hall–Kier alpha value is -2.77. The summed E-state index contributed by atoms with van der Waals surface area (Å²) in [6.45, 7) is 4.22. The number of benzene rings is 1. The van der Waals surface area contributed by atoms with Crippen LogP contribution in [-0.4, -0.2) is 47.0 Å². The zero-order chi connectivity index (χ0) is 20.6. The number of amides is 1. The van der Waals surface area contributed by atoms with E-state index in [1.54, 1.807) is 12.4 Å². The molecule has 7 heteroatoms. The van der Waals surface area contributed by atoms with E-state index in [0.717, 1.165) is 35.5 Å². The van der Waals surface area contributed by atoms with Gasteiger partial charge in [0, 0.05) is 29.9 Å². The van der Waals surface area contributed by atoms with Gasteiger partial charge in [0.2, 0.25) is 5.91 Å². The summed E-state index contributed by atoms with van der Waals surface area (Å²) in [4.78, 5) is 23.4. The van der Waals surface area contributed by atoms with Crippen molar-refractivity contribution in [2.24, 2.45) is 0 Å². The minimum atomic E-state index is -0.0863. The SMILES string of the molecule is O=C(Cc1cccc(OCCCN2CCCC2)c1)Nc1nc(-c2ccncc2)cs1. The van der Waals surface area contributed by atoms with Crippen molar-refractivity contribution >= 4 is 22.4 Å². The maximum absolute atomic E-state index is 12.4. The van der Waals surface area contributed by atoms with E-state index in [9.17, 15) is 4.79 Å². The summed E-state index contributed by atoms with van der Waals surface area (Å²) in [7, 11) is 0. The maximum Gasteiger partial charge on any atom is 0.230 e. The molecular weight excluding hydrogens is 396 g/mol. The lowest BCUT2D eigenvalue weighted by atomic mass is 10.1. The van der Waals surface area contributed by atoms with Crippen LogP contribution in [0.3, 0.4) is 0 Å². The number of carbonyl (C=O) groups is 1. The molecule has 0 bridgehead atoms. The van der Waals surface area contributed by atoms with Gasteiger partial charge < -0.3 is 15.0 Å². The third-order valence-corrected chi connectivity index (χ3v) is 5.83. The van der Waals surface area contributed by atoms with Crippen molar-refractivity contribution < 1.29 is 9.53 Å². The van der Waals surface area contributed by atoms with Gasteiger partial charge in [-0.15, -0.1) is 11.3 Å². The Morgan fingerprint density at radius 3 is 2.83 bits per heavy atom. The van der Waals surface area contributed by atoms with Crippen molar-refractivity contribution in [3.63, 3.8) is 0 Å². The highest BCUT2D eigenvalue weighted by Crippen LogP contribution is 2.24. The smallest absolute Gasteiger partial charge is 0.230 e. The van der Waals surface area contributed by atoms with Crippen LogP contribution in [0.5, 0.6) is 5.75 Å². The van der Waals surface area contributed by atoms with E-state index in [4.69, 9.17) is 4.74 Å². The molecule has 4 rings (SSSR count). The first-order valence-corrected chi connectivity index (χ1v) is 11.2. The summed E-state index contributed by atoms with van der Waals surface area (Å²) >= 11 is 1.42. The molecule has 30 heavy (non-hydrogen) atoms. The van der Waals surface area contributed by atoms with Crippen molar-refractivity contribution in [3.05, 3.63) is 59.7 Å². The molecule has 0 saturated carbocycles. The summed E-state index contributed by atoms with van der Waals surface area (Å²) in [6, 6.07) is 11.6. The molecule has 0 aliphatic carbocycles. The van der Waals surface area contributed by atoms with E-state index in [-0.39, 0.29) is 12.3 Å². The molecule has 0 radical (unpaired) electrons. The number of anilines is 1. The van der Waals surface area contributed by atoms with Gasteiger partial charge in [0.05, 0.1) is 18.7 Å². The molecule has 0 spiro atoms. The van der Waals surface area contributed by atoms with Gasteiger partial charge in [-0.25, -0.2) is 4.98 Å². The standard InChI is InChI=1S/C23H26N4O2S/c28-22(26-23-25-21(17-30-23)19-7-9-24-10-8-19)16-18-5-3-6-20(15-18)29-14-4-13-27-11-1-2-12-27/h3,5-10,15,17H,1-2,4,11-14,16H2,(H,25,26,28). The molecule has 156 valence electrons. The molecule has 1 N–H and O–H groups in total. The van der Waals surface area contributed by atoms with Crippen LogP contribution in [0.1, 0.15) is 24.8 Å². The van der Waals surface area contributed by atoms with Gasteiger partial charge in [0.15, 0.2) is 5.13 Å². The van der Waals surface area contributed by atoms with Gasteiger partial charge in [-0.1, -0.05) is 12.1 Å². The van der Waals surface area contributed by atoms with E-state index < -0.39 is 0 Å². The summed E-state index contributed by atoms with van der Waals surface area (Å²) < 4.78 is 5.88. The Bertz CT molecular complexity index is 955. The number of aromatic nitrogens is 2. The Kier molecular flexibility index (Phi) is 7.05. The molecule has 1 aliphatic rings. The average molecular weight is 423 g/mol. The maximum atomic E-state index is 12.4. The van der Waals surface area contributed by atoms with Crippen molar-refractivity contribution in [1.29, 1.82) is 0 Å². The van der Waals surface area contributed by atoms with E-state index in [1.165, 1.54) is 37.3 Å². The normalized spacial score (nSPS) is 14.0. The van der Waals surface area contributed by atoms with Crippen LogP contribution >= 0.6 is 11.3 Å². The minimum Gasteiger partial charge on any atom is -0.494 e. The summed E-state index contributed by atoms with van der Waals surface area (Å²) in [5, 5.41) is 5.42. The monoisotopic (exact) mass is 422 g/mol. The van der Waals surface area contributed by atoms with E-state index in [2.05, 4.69) is 20.2 Å². The zero-order valence-electron chi connectivity index (χ0n) is 16.9. The van der Waals surface area contributed by atoms with E-state index >= 15 is 0 Å². The fourth-order valence-electron chi connectivity index (χ4n) is 3.56. The van der Waals surface area contributed by atoms with Gasteiger partial charge >= 0.3 is 0 Å². The Labute approximate surface area is 180 Å². The Morgan fingerprint density at radius 2 is 2.00 bits per heavy atom. The summed E-state index contributed by atoms with van der Waals surface area (Å²) in [6.07, 6.45) is 7.40. The predicted molar refractivity (Wildman–Crippen MR) is 120 cm³/mol. The van der Waals surface area contributed by atoms with Crippen LogP contribution in [0.15, 0.2) is 54.2 Å². The number of thiazole rings is 1. The summed E-state index contributed by atoms with van der Waals surface area (Å²) in [5.41, 5.74) is 2.74. The molecule has 1 amide bonds. The summed E-state index contributed by atoms with van der Waals surface area (Å²) in [5.74, 6) is 0.729. The van der Waals surface area contributed by atoms with Crippen molar-refractivity contribution in [3.8, 4) is 17.0 Å². The van der Waals surface area contributed by atoms with Crippen LogP contribution in [0, 0.1) is 0 Å². The first-order valence-electron chi connectivity index (χ1n) is 10.4. The molecule has 6 nitrogen and oxygen atoms in total. The number of ether oxygens (including phenoxy) is 1. The molecule has 2 aromatic heterocycles. The van der Waals surface area contributed by atoms with Gasteiger partial charge in [-0.3, -0.25) is 9.78 Å². The van der Waals surface area contributed by atoms with E-state index in [1.807, 2.05) is 41.8 Å². The lowest BCUT2D eigenvalue weighted by Gasteiger charge is -2.14. The highest BCUT2D eigenvalue weighted by molar-refractivity contribution is 7.14.